The number of rotatable bonds is 2. The van der Waals surface area contributed by atoms with Gasteiger partial charge in [-0.3, -0.25) is 5.10 Å². The molecule has 0 spiro atoms. The molecule has 1 aromatic carbocycles. The van der Waals surface area contributed by atoms with Crippen LogP contribution in [0.3, 0.4) is 0 Å². The number of para-hydroxylation sites is 1. The number of hydrogen-bond acceptors (Lipinski definition) is 3. The Morgan fingerprint density at radius 2 is 2.13 bits per heavy atom. The number of benzene rings is 1. The molecule has 0 saturated heterocycles. The molecule has 1 heterocycles. The van der Waals surface area contributed by atoms with Gasteiger partial charge in [0.1, 0.15) is 0 Å². The molecule has 2 rings (SSSR count). The Balaban J connectivity index is 2.63. The topological polar surface area (TPSA) is 45.6 Å². The van der Waals surface area contributed by atoms with E-state index in [1.54, 1.807) is 0 Å². The minimum absolute atomic E-state index is 0.621. The maximum atomic E-state index is 5.08. The zero-order valence-corrected chi connectivity index (χ0v) is 9.43. The maximum absolute atomic E-state index is 5.08. The fourth-order valence-electron chi connectivity index (χ4n) is 1.48. The van der Waals surface area contributed by atoms with Gasteiger partial charge in [-0.05, 0) is 24.4 Å². The van der Waals surface area contributed by atoms with Crippen LogP contribution in [-0.2, 0) is 7.05 Å². The van der Waals surface area contributed by atoms with Crippen molar-refractivity contribution in [3.8, 4) is 11.4 Å². The molecule has 5 heteroatoms. The van der Waals surface area contributed by atoms with Crippen LogP contribution in [0.25, 0.3) is 11.4 Å². The molecule has 0 aliphatic carbocycles. The summed E-state index contributed by atoms with van der Waals surface area (Å²) in [6.07, 6.45) is 0. The van der Waals surface area contributed by atoms with Crippen LogP contribution >= 0.6 is 12.2 Å². The quantitative estimate of drug-likeness (QED) is 0.763. The molecule has 0 fully saturated rings. The second kappa shape index (κ2) is 3.86. The van der Waals surface area contributed by atoms with Crippen molar-refractivity contribution in [3.63, 3.8) is 0 Å². The monoisotopic (exact) mass is 220 g/mol. The number of hydrogen-bond donors (Lipinski definition) is 2. The summed E-state index contributed by atoms with van der Waals surface area (Å²) in [5.74, 6) is 0.838. The highest BCUT2D eigenvalue weighted by Gasteiger charge is 2.08. The molecule has 0 aliphatic heterocycles. The minimum Gasteiger partial charge on any atom is -0.388 e. The van der Waals surface area contributed by atoms with Crippen LogP contribution in [0, 0.1) is 4.77 Å². The summed E-state index contributed by atoms with van der Waals surface area (Å²) < 4.78 is 2.47. The predicted molar refractivity (Wildman–Crippen MR) is 63.4 cm³/mol. The highest BCUT2D eigenvalue weighted by atomic mass is 32.1. The highest BCUT2D eigenvalue weighted by molar-refractivity contribution is 7.71. The molecular formula is C10H12N4S. The van der Waals surface area contributed by atoms with E-state index in [0.29, 0.717) is 4.77 Å². The Kier molecular flexibility index (Phi) is 2.55. The first kappa shape index (κ1) is 9.92. The lowest BCUT2D eigenvalue weighted by Gasteiger charge is -2.07. The number of aromatic amines is 1. The van der Waals surface area contributed by atoms with Gasteiger partial charge in [0, 0.05) is 25.3 Å². The lowest BCUT2D eigenvalue weighted by atomic mass is 10.1. The van der Waals surface area contributed by atoms with Gasteiger partial charge in [0.2, 0.25) is 0 Å². The average Bonchev–Trinajstić information content (AvgIpc) is 2.60. The summed E-state index contributed by atoms with van der Waals surface area (Å²) in [4.78, 5) is 0. The van der Waals surface area contributed by atoms with Gasteiger partial charge in [0.05, 0.1) is 0 Å². The molecule has 0 amide bonds. The van der Waals surface area contributed by atoms with E-state index in [0.717, 1.165) is 17.1 Å². The molecular weight excluding hydrogens is 208 g/mol. The lowest BCUT2D eigenvalue weighted by molar-refractivity contribution is 0.902. The van der Waals surface area contributed by atoms with E-state index in [1.807, 2.05) is 42.9 Å². The van der Waals surface area contributed by atoms with Gasteiger partial charge in [0.15, 0.2) is 10.6 Å². The van der Waals surface area contributed by atoms with Crippen LogP contribution in [-0.4, -0.2) is 21.8 Å². The van der Waals surface area contributed by atoms with Crippen molar-refractivity contribution < 1.29 is 0 Å². The standard InChI is InChI=1S/C10H12N4S/c1-11-8-6-4-3-5-7(8)9-12-13-10(15)14(9)2/h3-6,11H,1-2H3,(H,13,15). The molecule has 0 saturated carbocycles. The van der Waals surface area contributed by atoms with Gasteiger partial charge in [-0.25, -0.2) is 0 Å². The van der Waals surface area contributed by atoms with Crippen LogP contribution in [0.5, 0.6) is 0 Å². The zero-order valence-electron chi connectivity index (χ0n) is 8.61. The van der Waals surface area contributed by atoms with Crippen LogP contribution in [0.4, 0.5) is 5.69 Å². The molecule has 2 N–H and O–H groups in total. The fourth-order valence-corrected chi connectivity index (χ4v) is 1.62. The third-order valence-corrected chi connectivity index (χ3v) is 2.68. The Morgan fingerprint density at radius 1 is 1.40 bits per heavy atom. The Hall–Kier alpha value is -1.62. The van der Waals surface area contributed by atoms with Crippen molar-refractivity contribution >= 4 is 17.9 Å². The first-order chi connectivity index (χ1) is 7.24. The smallest absolute Gasteiger partial charge is 0.195 e. The molecule has 2 aromatic rings. The normalized spacial score (nSPS) is 10.3. The van der Waals surface area contributed by atoms with E-state index in [4.69, 9.17) is 12.2 Å². The summed E-state index contributed by atoms with van der Waals surface area (Å²) >= 11 is 5.08. The maximum Gasteiger partial charge on any atom is 0.195 e. The molecule has 0 bridgehead atoms. The second-order valence-corrected chi connectivity index (χ2v) is 3.59. The number of anilines is 1. The van der Waals surface area contributed by atoms with Gasteiger partial charge in [0.25, 0.3) is 0 Å². The van der Waals surface area contributed by atoms with E-state index >= 15 is 0 Å². The van der Waals surface area contributed by atoms with Crippen molar-refractivity contribution in [1.82, 2.24) is 14.8 Å². The fraction of sp³-hybridized carbons (Fsp3) is 0.200. The first-order valence-electron chi connectivity index (χ1n) is 4.62. The van der Waals surface area contributed by atoms with Crippen LogP contribution in [0.1, 0.15) is 0 Å². The van der Waals surface area contributed by atoms with E-state index < -0.39 is 0 Å². The van der Waals surface area contributed by atoms with Gasteiger partial charge in [-0.1, -0.05) is 12.1 Å². The molecule has 1 aromatic heterocycles. The van der Waals surface area contributed by atoms with Crippen molar-refractivity contribution in [2.24, 2.45) is 7.05 Å². The second-order valence-electron chi connectivity index (χ2n) is 3.21. The molecule has 0 aliphatic rings. The van der Waals surface area contributed by atoms with Gasteiger partial charge in [-0.2, -0.15) is 5.10 Å². The zero-order chi connectivity index (χ0) is 10.8. The number of nitrogens with zero attached hydrogens (tertiary/aromatic N) is 2. The van der Waals surface area contributed by atoms with E-state index in [9.17, 15) is 0 Å². The molecule has 0 atom stereocenters. The highest BCUT2D eigenvalue weighted by Crippen LogP contribution is 2.24. The van der Waals surface area contributed by atoms with Crippen LogP contribution in [0.2, 0.25) is 0 Å². The van der Waals surface area contributed by atoms with E-state index in [2.05, 4.69) is 15.5 Å². The molecule has 0 radical (unpaired) electrons. The van der Waals surface area contributed by atoms with E-state index in [1.165, 1.54) is 0 Å². The van der Waals surface area contributed by atoms with Crippen molar-refractivity contribution in [2.75, 3.05) is 12.4 Å². The minimum atomic E-state index is 0.621. The predicted octanol–water partition coefficient (Wildman–Crippen LogP) is 2.19. The largest absolute Gasteiger partial charge is 0.388 e. The van der Waals surface area contributed by atoms with Crippen LogP contribution < -0.4 is 5.32 Å². The molecule has 78 valence electrons. The van der Waals surface area contributed by atoms with E-state index in [-0.39, 0.29) is 0 Å². The average molecular weight is 220 g/mol. The van der Waals surface area contributed by atoms with Gasteiger partial charge < -0.3 is 9.88 Å². The van der Waals surface area contributed by atoms with Gasteiger partial charge in [-0.15, -0.1) is 0 Å². The third-order valence-electron chi connectivity index (χ3n) is 2.32. The van der Waals surface area contributed by atoms with Crippen molar-refractivity contribution in [2.45, 2.75) is 0 Å². The van der Waals surface area contributed by atoms with Crippen molar-refractivity contribution in [1.29, 1.82) is 0 Å². The van der Waals surface area contributed by atoms with Gasteiger partial charge >= 0.3 is 0 Å². The Labute approximate surface area is 93.0 Å². The molecule has 15 heavy (non-hydrogen) atoms. The number of H-pyrrole nitrogens is 1. The summed E-state index contributed by atoms with van der Waals surface area (Å²) in [6.45, 7) is 0. The Morgan fingerprint density at radius 3 is 2.73 bits per heavy atom. The molecule has 0 unspecified atom stereocenters. The molecule has 4 nitrogen and oxygen atoms in total. The van der Waals surface area contributed by atoms with Crippen molar-refractivity contribution in [3.05, 3.63) is 29.0 Å². The number of aromatic nitrogens is 3. The summed E-state index contributed by atoms with van der Waals surface area (Å²) in [5.41, 5.74) is 2.07. The lowest BCUT2D eigenvalue weighted by Crippen LogP contribution is -1.97. The Bertz CT molecular complexity index is 526. The third kappa shape index (κ3) is 1.66. The SMILES string of the molecule is CNc1ccccc1-c1n[nH]c(=S)n1C. The summed E-state index contributed by atoms with van der Waals surface area (Å²) in [7, 11) is 3.79. The summed E-state index contributed by atoms with van der Waals surface area (Å²) in [6, 6.07) is 7.98. The summed E-state index contributed by atoms with van der Waals surface area (Å²) in [5, 5.41) is 10.1. The van der Waals surface area contributed by atoms with Crippen LogP contribution in [0.15, 0.2) is 24.3 Å². The number of nitrogens with one attached hydrogen (secondary N) is 2. The first-order valence-corrected chi connectivity index (χ1v) is 5.03.